The van der Waals surface area contributed by atoms with Crippen LogP contribution in [0.15, 0.2) is 24.3 Å². The third kappa shape index (κ3) is 2.76. The zero-order chi connectivity index (χ0) is 14.1. The molecule has 2 unspecified atom stereocenters. The van der Waals surface area contributed by atoms with Crippen LogP contribution >= 0.6 is 0 Å². The van der Waals surface area contributed by atoms with Gasteiger partial charge in [0.1, 0.15) is 0 Å². The van der Waals surface area contributed by atoms with Crippen LogP contribution in [0, 0.1) is 0 Å². The van der Waals surface area contributed by atoms with Gasteiger partial charge >= 0.3 is 0 Å². The molecule has 0 aliphatic carbocycles. The van der Waals surface area contributed by atoms with Crippen LogP contribution in [0.5, 0.6) is 0 Å². The van der Waals surface area contributed by atoms with Crippen molar-refractivity contribution in [3.63, 3.8) is 0 Å². The van der Waals surface area contributed by atoms with Gasteiger partial charge in [0.15, 0.2) is 0 Å². The van der Waals surface area contributed by atoms with E-state index >= 15 is 0 Å². The van der Waals surface area contributed by atoms with Gasteiger partial charge in [-0.1, -0.05) is 6.42 Å². The van der Waals surface area contributed by atoms with Gasteiger partial charge in [-0.15, -0.1) is 0 Å². The molecule has 3 aliphatic rings. The Kier molecular flexibility index (Phi) is 3.76. The van der Waals surface area contributed by atoms with Crippen LogP contribution in [-0.4, -0.2) is 43.2 Å². The molecule has 3 heterocycles. The summed E-state index contributed by atoms with van der Waals surface area (Å²) < 4.78 is 0. The van der Waals surface area contributed by atoms with Gasteiger partial charge in [-0.3, -0.25) is 4.90 Å². The summed E-state index contributed by atoms with van der Waals surface area (Å²) in [5, 5.41) is 3.80. The van der Waals surface area contributed by atoms with Crippen molar-refractivity contribution < 1.29 is 0 Å². The van der Waals surface area contributed by atoms with Crippen LogP contribution < -0.4 is 10.2 Å². The van der Waals surface area contributed by atoms with E-state index in [4.69, 9.17) is 0 Å². The van der Waals surface area contributed by atoms with E-state index in [9.17, 15) is 0 Å². The molecule has 4 rings (SSSR count). The van der Waals surface area contributed by atoms with E-state index in [1.165, 1.54) is 76.1 Å². The SMILES string of the molecule is c1cc(N2CCCC2)ccc1NC1CCN2CCCCC12. The molecule has 1 aromatic rings. The van der Waals surface area contributed by atoms with Gasteiger partial charge in [0.05, 0.1) is 0 Å². The van der Waals surface area contributed by atoms with Crippen LogP contribution in [0.4, 0.5) is 11.4 Å². The van der Waals surface area contributed by atoms with Crippen LogP contribution in [0.3, 0.4) is 0 Å². The highest BCUT2D eigenvalue weighted by atomic mass is 15.2. The first-order chi connectivity index (χ1) is 10.4. The zero-order valence-electron chi connectivity index (χ0n) is 12.9. The maximum atomic E-state index is 3.80. The lowest BCUT2D eigenvalue weighted by Gasteiger charge is -2.33. The highest BCUT2D eigenvalue weighted by Crippen LogP contribution is 2.30. The van der Waals surface area contributed by atoms with Gasteiger partial charge < -0.3 is 10.2 Å². The van der Waals surface area contributed by atoms with Gasteiger partial charge in [0.2, 0.25) is 0 Å². The van der Waals surface area contributed by atoms with Gasteiger partial charge in [-0.05, 0) is 62.9 Å². The molecule has 0 aromatic heterocycles. The van der Waals surface area contributed by atoms with Gasteiger partial charge in [-0.25, -0.2) is 0 Å². The Labute approximate surface area is 128 Å². The summed E-state index contributed by atoms with van der Waals surface area (Å²) in [6.45, 7) is 5.06. The minimum absolute atomic E-state index is 0.655. The van der Waals surface area contributed by atoms with Crippen molar-refractivity contribution in [3.8, 4) is 0 Å². The van der Waals surface area contributed by atoms with Gasteiger partial charge in [0.25, 0.3) is 0 Å². The molecule has 1 N–H and O–H groups in total. The van der Waals surface area contributed by atoms with E-state index in [-0.39, 0.29) is 0 Å². The summed E-state index contributed by atoms with van der Waals surface area (Å²) in [5.41, 5.74) is 2.69. The molecule has 0 saturated carbocycles. The fourth-order valence-corrected chi connectivity index (χ4v) is 4.37. The molecule has 3 nitrogen and oxygen atoms in total. The van der Waals surface area contributed by atoms with Gasteiger partial charge in [-0.2, -0.15) is 0 Å². The molecule has 0 bridgehead atoms. The maximum absolute atomic E-state index is 3.80. The number of hydrogen-bond acceptors (Lipinski definition) is 3. The largest absolute Gasteiger partial charge is 0.381 e. The molecule has 2 atom stereocenters. The quantitative estimate of drug-likeness (QED) is 0.919. The summed E-state index contributed by atoms with van der Waals surface area (Å²) in [7, 11) is 0. The smallest absolute Gasteiger partial charge is 0.0428 e. The predicted molar refractivity (Wildman–Crippen MR) is 89.1 cm³/mol. The van der Waals surface area contributed by atoms with Crippen LogP contribution in [0.2, 0.25) is 0 Å². The Bertz CT molecular complexity index is 464. The first-order valence-electron chi connectivity index (χ1n) is 8.76. The Morgan fingerprint density at radius 3 is 2.38 bits per heavy atom. The highest BCUT2D eigenvalue weighted by molar-refractivity contribution is 5.56. The number of benzene rings is 1. The minimum atomic E-state index is 0.655. The van der Waals surface area contributed by atoms with Crippen molar-refractivity contribution in [2.45, 2.75) is 50.6 Å². The lowest BCUT2D eigenvalue weighted by molar-refractivity contribution is 0.193. The number of piperidine rings is 1. The molecule has 0 radical (unpaired) electrons. The Morgan fingerprint density at radius 2 is 1.57 bits per heavy atom. The maximum Gasteiger partial charge on any atom is 0.0428 e. The zero-order valence-corrected chi connectivity index (χ0v) is 12.9. The van der Waals surface area contributed by atoms with Crippen LogP contribution in [-0.2, 0) is 0 Å². The number of nitrogens with zero attached hydrogens (tertiary/aromatic N) is 2. The lowest BCUT2D eigenvalue weighted by atomic mass is 9.99. The second kappa shape index (κ2) is 5.88. The molecule has 3 saturated heterocycles. The fraction of sp³-hybridized carbons (Fsp3) is 0.667. The molecule has 3 fully saturated rings. The monoisotopic (exact) mass is 285 g/mol. The van der Waals surface area contributed by atoms with Crippen molar-refractivity contribution in [1.82, 2.24) is 4.90 Å². The third-order valence-corrected chi connectivity index (χ3v) is 5.55. The second-order valence-electron chi connectivity index (χ2n) is 6.88. The summed E-state index contributed by atoms with van der Waals surface area (Å²) in [4.78, 5) is 5.20. The fourth-order valence-electron chi connectivity index (χ4n) is 4.37. The first kappa shape index (κ1) is 13.4. The van der Waals surface area contributed by atoms with Crippen molar-refractivity contribution in [2.24, 2.45) is 0 Å². The van der Waals surface area contributed by atoms with Crippen LogP contribution in [0.1, 0.15) is 38.5 Å². The molecule has 3 aliphatic heterocycles. The average molecular weight is 285 g/mol. The first-order valence-corrected chi connectivity index (χ1v) is 8.76. The Morgan fingerprint density at radius 1 is 0.810 bits per heavy atom. The summed E-state index contributed by atoms with van der Waals surface area (Å²) >= 11 is 0. The summed E-state index contributed by atoms with van der Waals surface area (Å²) in [6, 6.07) is 10.6. The number of hydrogen-bond donors (Lipinski definition) is 1. The van der Waals surface area contributed by atoms with Crippen LogP contribution in [0.25, 0.3) is 0 Å². The van der Waals surface area contributed by atoms with Gasteiger partial charge in [0, 0.05) is 43.1 Å². The number of fused-ring (bicyclic) bond motifs is 1. The molecule has 1 aromatic carbocycles. The standard InChI is InChI=1S/C18H27N3/c1-2-13-21-14-10-17(18(21)5-1)19-15-6-8-16(9-7-15)20-11-3-4-12-20/h6-9,17-19H,1-5,10-14H2. The molecule has 0 amide bonds. The van der Waals surface area contributed by atoms with E-state index in [1.807, 2.05) is 0 Å². The topological polar surface area (TPSA) is 18.5 Å². The van der Waals surface area contributed by atoms with E-state index < -0.39 is 0 Å². The summed E-state index contributed by atoms with van der Waals surface area (Å²) in [6.07, 6.45) is 8.18. The van der Waals surface area contributed by atoms with E-state index in [1.54, 1.807) is 0 Å². The van der Waals surface area contributed by atoms with E-state index in [0.717, 1.165) is 6.04 Å². The minimum Gasteiger partial charge on any atom is -0.381 e. The molecule has 0 spiro atoms. The number of nitrogens with one attached hydrogen (secondary N) is 1. The van der Waals surface area contributed by atoms with Crippen molar-refractivity contribution in [3.05, 3.63) is 24.3 Å². The Balaban J connectivity index is 1.40. The third-order valence-electron chi connectivity index (χ3n) is 5.55. The number of anilines is 2. The lowest BCUT2D eigenvalue weighted by Crippen LogP contribution is -2.41. The van der Waals surface area contributed by atoms with E-state index in [0.29, 0.717) is 6.04 Å². The second-order valence-corrected chi connectivity index (χ2v) is 6.88. The molecule has 3 heteroatoms. The van der Waals surface area contributed by atoms with E-state index in [2.05, 4.69) is 39.4 Å². The average Bonchev–Trinajstić information content (AvgIpc) is 3.19. The predicted octanol–water partition coefficient (Wildman–Crippen LogP) is 3.33. The van der Waals surface area contributed by atoms with Crippen molar-refractivity contribution in [2.75, 3.05) is 36.4 Å². The van der Waals surface area contributed by atoms with Crippen molar-refractivity contribution >= 4 is 11.4 Å². The summed E-state index contributed by atoms with van der Waals surface area (Å²) in [5.74, 6) is 0. The normalized spacial score (nSPS) is 29.6. The molecular weight excluding hydrogens is 258 g/mol. The Hall–Kier alpha value is -1.22. The molecule has 21 heavy (non-hydrogen) atoms. The van der Waals surface area contributed by atoms with Crippen molar-refractivity contribution in [1.29, 1.82) is 0 Å². The highest BCUT2D eigenvalue weighted by Gasteiger charge is 2.35. The molecular formula is C18H27N3. The molecule has 114 valence electrons. The number of rotatable bonds is 3.